The average Bonchev–Trinajstić information content (AvgIpc) is 3.15. The molecule has 104 valence electrons. The Balaban J connectivity index is 1.85. The van der Waals surface area contributed by atoms with E-state index >= 15 is 0 Å². The van der Waals surface area contributed by atoms with Crippen molar-refractivity contribution in [3.63, 3.8) is 0 Å². The molecule has 18 heavy (non-hydrogen) atoms. The van der Waals surface area contributed by atoms with Crippen molar-refractivity contribution in [2.45, 2.75) is 63.6 Å². The van der Waals surface area contributed by atoms with Crippen LogP contribution in [0.15, 0.2) is 0 Å². The van der Waals surface area contributed by atoms with Crippen molar-refractivity contribution >= 4 is 5.91 Å². The number of nitrogens with zero attached hydrogens (tertiary/aromatic N) is 2. The molecular formula is C14H27N3O. The van der Waals surface area contributed by atoms with Crippen molar-refractivity contribution in [3.05, 3.63) is 0 Å². The van der Waals surface area contributed by atoms with Crippen molar-refractivity contribution in [2.75, 3.05) is 20.1 Å². The predicted octanol–water partition coefficient (Wildman–Crippen LogP) is 1.20. The highest BCUT2D eigenvalue weighted by molar-refractivity contribution is 5.78. The molecule has 4 heteroatoms. The van der Waals surface area contributed by atoms with Gasteiger partial charge in [-0.05, 0) is 39.7 Å². The molecule has 0 aromatic heterocycles. The summed E-state index contributed by atoms with van der Waals surface area (Å²) in [4.78, 5) is 16.5. The highest BCUT2D eigenvalue weighted by atomic mass is 16.2. The second-order valence-corrected chi connectivity index (χ2v) is 5.84. The third kappa shape index (κ3) is 3.23. The van der Waals surface area contributed by atoms with E-state index in [1.54, 1.807) is 0 Å². The van der Waals surface area contributed by atoms with Gasteiger partial charge < -0.3 is 10.6 Å². The van der Waals surface area contributed by atoms with Gasteiger partial charge in [0.15, 0.2) is 0 Å². The second kappa shape index (κ2) is 6.02. The standard InChI is InChI=1S/C14H27N3O/c1-3-17(11-8-9-11)14(18)10-16(2)13-7-5-4-6-12(13)15/h11-13H,3-10,15H2,1-2H3. The van der Waals surface area contributed by atoms with Crippen LogP contribution in [0.4, 0.5) is 0 Å². The fraction of sp³-hybridized carbons (Fsp3) is 0.929. The smallest absolute Gasteiger partial charge is 0.236 e. The maximum atomic E-state index is 12.3. The van der Waals surface area contributed by atoms with Crippen LogP contribution in [0.1, 0.15) is 45.4 Å². The van der Waals surface area contributed by atoms with E-state index in [1.807, 2.05) is 4.90 Å². The summed E-state index contributed by atoms with van der Waals surface area (Å²) >= 11 is 0. The van der Waals surface area contributed by atoms with Crippen LogP contribution in [0.3, 0.4) is 0 Å². The van der Waals surface area contributed by atoms with Crippen molar-refractivity contribution in [1.29, 1.82) is 0 Å². The Morgan fingerprint density at radius 3 is 2.44 bits per heavy atom. The monoisotopic (exact) mass is 253 g/mol. The lowest BCUT2D eigenvalue weighted by Crippen LogP contribution is -2.51. The SMILES string of the molecule is CCN(C(=O)CN(C)C1CCCCC1N)C1CC1. The molecule has 0 aliphatic heterocycles. The minimum absolute atomic E-state index is 0.243. The van der Waals surface area contributed by atoms with E-state index < -0.39 is 0 Å². The minimum Gasteiger partial charge on any atom is -0.339 e. The second-order valence-electron chi connectivity index (χ2n) is 5.84. The zero-order valence-electron chi connectivity index (χ0n) is 11.8. The number of amides is 1. The van der Waals surface area contributed by atoms with Crippen molar-refractivity contribution in [3.8, 4) is 0 Å². The van der Waals surface area contributed by atoms with Crippen molar-refractivity contribution in [1.82, 2.24) is 9.80 Å². The summed E-state index contributed by atoms with van der Waals surface area (Å²) in [5, 5.41) is 0. The highest BCUT2D eigenvalue weighted by Crippen LogP contribution is 2.27. The third-order valence-electron chi connectivity index (χ3n) is 4.38. The molecular weight excluding hydrogens is 226 g/mol. The largest absolute Gasteiger partial charge is 0.339 e. The molecule has 2 aliphatic rings. The summed E-state index contributed by atoms with van der Waals surface area (Å²) in [7, 11) is 2.05. The Labute approximate surface area is 110 Å². The number of carbonyl (C=O) groups excluding carboxylic acids is 1. The number of nitrogens with two attached hydrogens (primary N) is 1. The Kier molecular flexibility index (Phi) is 4.62. The molecule has 0 aromatic rings. The van der Waals surface area contributed by atoms with Gasteiger partial charge in [-0.2, -0.15) is 0 Å². The fourth-order valence-corrected chi connectivity index (χ4v) is 3.13. The van der Waals surface area contributed by atoms with E-state index in [0.717, 1.165) is 19.4 Å². The maximum Gasteiger partial charge on any atom is 0.236 e. The predicted molar refractivity (Wildman–Crippen MR) is 73.3 cm³/mol. The zero-order valence-corrected chi connectivity index (χ0v) is 11.8. The first kappa shape index (κ1) is 13.8. The number of likely N-dealkylation sites (N-methyl/N-ethyl adjacent to an activating group) is 2. The lowest BCUT2D eigenvalue weighted by atomic mass is 9.90. The van der Waals surface area contributed by atoms with Gasteiger partial charge in [0.1, 0.15) is 0 Å². The molecule has 2 unspecified atom stereocenters. The molecule has 0 heterocycles. The summed E-state index contributed by atoms with van der Waals surface area (Å²) in [6.45, 7) is 3.44. The summed E-state index contributed by atoms with van der Waals surface area (Å²) < 4.78 is 0. The van der Waals surface area contributed by atoms with E-state index in [2.05, 4.69) is 18.9 Å². The van der Waals surface area contributed by atoms with Crippen molar-refractivity contribution < 1.29 is 4.79 Å². The van der Waals surface area contributed by atoms with Gasteiger partial charge in [-0.3, -0.25) is 9.69 Å². The molecule has 2 atom stereocenters. The summed E-state index contributed by atoms with van der Waals surface area (Å²) in [6, 6.07) is 1.16. The van der Waals surface area contributed by atoms with Gasteiger partial charge >= 0.3 is 0 Å². The highest BCUT2D eigenvalue weighted by Gasteiger charge is 2.33. The molecule has 4 nitrogen and oxygen atoms in total. The van der Waals surface area contributed by atoms with Crippen LogP contribution in [0.5, 0.6) is 0 Å². The molecule has 0 saturated heterocycles. The molecule has 1 amide bonds. The normalized spacial score (nSPS) is 28.4. The van der Waals surface area contributed by atoms with E-state index in [0.29, 0.717) is 18.6 Å². The average molecular weight is 253 g/mol. The first-order valence-electron chi connectivity index (χ1n) is 7.38. The van der Waals surface area contributed by atoms with E-state index in [4.69, 9.17) is 5.73 Å². The lowest BCUT2D eigenvalue weighted by molar-refractivity contribution is -0.133. The van der Waals surface area contributed by atoms with Gasteiger partial charge in [0.2, 0.25) is 5.91 Å². The molecule has 2 fully saturated rings. The topological polar surface area (TPSA) is 49.6 Å². The number of hydrogen-bond acceptors (Lipinski definition) is 3. The van der Waals surface area contributed by atoms with E-state index in [-0.39, 0.29) is 11.9 Å². The molecule has 0 radical (unpaired) electrons. The van der Waals surface area contributed by atoms with Crippen LogP contribution >= 0.6 is 0 Å². The lowest BCUT2D eigenvalue weighted by Gasteiger charge is -2.36. The molecule has 2 N–H and O–H groups in total. The van der Waals surface area contributed by atoms with Crippen LogP contribution in [-0.2, 0) is 4.79 Å². The first-order valence-corrected chi connectivity index (χ1v) is 7.38. The first-order chi connectivity index (χ1) is 8.63. The number of carbonyl (C=O) groups is 1. The number of rotatable bonds is 5. The Morgan fingerprint density at radius 1 is 1.22 bits per heavy atom. The molecule has 2 rings (SSSR count). The van der Waals surface area contributed by atoms with Crippen LogP contribution in [0, 0.1) is 0 Å². The van der Waals surface area contributed by atoms with Gasteiger partial charge in [-0.1, -0.05) is 12.8 Å². The summed E-state index contributed by atoms with van der Waals surface area (Å²) in [6.07, 6.45) is 7.10. The van der Waals surface area contributed by atoms with E-state index in [1.165, 1.54) is 25.7 Å². The summed E-state index contributed by atoms with van der Waals surface area (Å²) in [5.41, 5.74) is 6.17. The Bertz CT molecular complexity index is 291. The molecule has 0 aromatic carbocycles. The van der Waals surface area contributed by atoms with Crippen LogP contribution < -0.4 is 5.73 Å². The van der Waals surface area contributed by atoms with Crippen LogP contribution in [0.25, 0.3) is 0 Å². The molecule has 2 aliphatic carbocycles. The maximum absolute atomic E-state index is 12.3. The van der Waals surface area contributed by atoms with Gasteiger partial charge in [0.25, 0.3) is 0 Å². The van der Waals surface area contributed by atoms with Crippen LogP contribution in [0.2, 0.25) is 0 Å². The van der Waals surface area contributed by atoms with Gasteiger partial charge in [-0.15, -0.1) is 0 Å². The van der Waals surface area contributed by atoms with Crippen molar-refractivity contribution in [2.24, 2.45) is 5.73 Å². The summed E-state index contributed by atoms with van der Waals surface area (Å²) in [5.74, 6) is 0.278. The van der Waals surface area contributed by atoms with Crippen LogP contribution in [-0.4, -0.2) is 54.0 Å². The fourth-order valence-electron chi connectivity index (χ4n) is 3.13. The Morgan fingerprint density at radius 2 is 1.89 bits per heavy atom. The molecule has 0 spiro atoms. The van der Waals surface area contributed by atoms with Gasteiger partial charge in [0, 0.05) is 24.7 Å². The molecule has 2 saturated carbocycles. The van der Waals surface area contributed by atoms with Gasteiger partial charge in [-0.25, -0.2) is 0 Å². The van der Waals surface area contributed by atoms with Gasteiger partial charge in [0.05, 0.1) is 6.54 Å². The number of hydrogen-bond donors (Lipinski definition) is 1. The zero-order chi connectivity index (χ0) is 13.1. The Hall–Kier alpha value is -0.610. The third-order valence-corrected chi connectivity index (χ3v) is 4.38. The van der Waals surface area contributed by atoms with E-state index in [9.17, 15) is 4.79 Å². The quantitative estimate of drug-likeness (QED) is 0.801. The minimum atomic E-state index is 0.243. The molecule has 0 bridgehead atoms.